The Kier molecular flexibility index (Phi) is 3.94. The third kappa shape index (κ3) is 2.56. The maximum absolute atomic E-state index is 13.6. The molecule has 1 saturated heterocycles. The molecular weight excluding hydrogens is 351 g/mol. The predicted molar refractivity (Wildman–Crippen MR) is 91.3 cm³/mol. The van der Waals surface area contributed by atoms with Gasteiger partial charge in [0.2, 0.25) is 10.8 Å². The Hall–Kier alpha value is -1.70. The molecular formula is C16H16ClFN4OS. The van der Waals surface area contributed by atoms with Crippen LogP contribution in [0.1, 0.15) is 35.1 Å². The highest BCUT2D eigenvalue weighted by atomic mass is 35.5. The number of aromatic nitrogens is 3. The van der Waals surface area contributed by atoms with Crippen LogP contribution >= 0.6 is 22.9 Å². The second kappa shape index (κ2) is 5.98. The molecule has 24 heavy (non-hydrogen) atoms. The SMILES string of the molecule is Cc1nc2sc([C@H](c3ccc(F)c(Cl)c3)N3CCCC3)c(O)n2n1. The van der Waals surface area contributed by atoms with Crippen molar-refractivity contribution in [2.45, 2.75) is 25.8 Å². The summed E-state index contributed by atoms with van der Waals surface area (Å²) < 4.78 is 15.0. The van der Waals surface area contributed by atoms with Crippen LogP contribution in [0.25, 0.3) is 4.96 Å². The fraction of sp³-hybridized carbons (Fsp3) is 0.375. The summed E-state index contributed by atoms with van der Waals surface area (Å²) in [6.45, 7) is 3.63. The van der Waals surface area contributed by atoms with E-state index in [1.165, 1.54) is 21.9 Å². The Morgan fingerprint density at radius 3 is 2.75 bits per heavy atom. The third-order valence-corrected chi connectivity index (χ3v) is 5.68. The molecule has 126 valence electrons. The zero-order valence-electron chi connectivity index (χ0n) is 13.0. The number of aromatic hydroxyl groups is 1. The molecule has 1 atom stereocenters. The molecule has 0 unspecified atom stereocenters. The number of nitrogens with zero attached hydrogens (tertiary/aromatic N) is 4. The molecule has 4 rings (SSSR count). The lowest BCUT2D eigenvalue weighted by Gasteiger charge is -2.27. The minimum atomic E-state index is -0.442. The van der Waals surface area contributed by atoms with E-state index >= 15 is 0 Å². The first-order valence-electron chi connectivity index (χ1n) is 7.78. The van der Waals surface area contributed by atoms with Crippen LogP contribution < -0.4 is 0 Å². The van der Waals surface area contributed by atoms with Crippen molar-refractivity contribution in [1.29, 1.82) is 0 Å². The number of likely N-dealkylation sites (tertiary alicyclic amines) is 1. The Labute approximate surface area is 147 Å². The van der Waals surface area contributed by atoms with Gasteiger partial charge in [-0.1, -0.05) is 29.0 Å². The van der Waals surface area contributed by atoms with Crippen molar-refractivity contribution in [3.8, 4) is 5.88 Å². The van der Waals surface area contributed by atoms with Gasteiger partial charge in [0, 0.05) is 0 Å². The van der Waals surface area contributed by atoms with E-state index in [1.54, 1.807) is 19.1 Å². The maximum Gasteiger partial charge on any atom is 0.230 e. The Morgan fingerprint density at radius 1 is 1.33 bits per heavy atom. The van der Waals surface area contributed by atoms with Crippen LogP contribution in [-0.4, -0.2) is 37.7 Å². The number of halogens is 2. The smallest absolute Gasteiger partial charge is 0.230 e. The van der Waals surface area contributed by atoms with Gasteiger partial charge in [0.1, 0.15) is 11.6 Å². The van der Waals surface area contributed by atoms with Gasteiger partial charge in [0.25, 0.3) is 0 Å². The fourth-order valence-electron chi connectivity index (χ4n) is 3.24. The highest BCUT2D eigenvalue weighted by Gasteiger charge is 2.31. The van der Waals surface area contributed by atoms with E-state index in [0.717, 1.165) is 36.4 Å². The molecule has 3 aromatic rings. The van der Waals surface area contributed by atoms with Gasteiger partial charge < -0.3 is 5.11 Å². The summed E-state index contributed by atoms with van der Waals surface area (Å²) in [7, 11) is 0. The summed E-state index contributed by atoms with van der Waals surface area (Å²) in [5, 5.41) is 15.0. The van der Waals surface area contributed by atoms with Crippen molar-refractivity contribution in [2.75, 3.05) is 13.1 Å². The predicted octanol–water partition coefficient (Wildman–Crippen LogP) is 3.78. The third-order valence-electron chi connectivity index (χ3n) is 4.32. The zero-order chi connectivity index (χ0) is 16.8. The lowest BCUT2D eigenvalue weighted by atomic mass is 10.0. The lowest BCUT2D eigenvalue weighted by molar-refractivity contribution is 0.277. The molecule has 1 aliphatic heterocycles. The van der Waals surface area contributed by atoms with Crippen molar-refractivity contribution in [3.63, 3.8) is 0 Å². The van der Waals surface area contributed by atoms with Gasteiger partial charge in [-0.2, -0.15) is 4.52 Å². The van der Waals surface area contributed by atoms with Crippen LogP contribution in [0, 0.1) is 12.7 Å². The molecule has 3 heterocycles. The van der Waals surface area contributed by atoms with Crippen LogP contribution in [0.15, 0.2) is 18.2 Å². The summed E-state index contributed by atoms with van der Waals surface area (Å²) in [5.41, 5.74) is 0.861. The monoisotopic (exact) mass is 366 g/mol. The van der Waals surface area contributed by atoms with E-state index < -0.39 is 5.82 Å². The molecule has 0 bridgehead atoms. The van der Waals surface area contributed by atoms with Gasteiger partial charge >= 0.3 is 0 Å². The standard InChI is InChI=1S/C16H16ClFN4OS/c1-9-19-16-22(20-9)15(23)14(24-16)13(21-6-2-3-7-21)10-4-5-12(18)11(17)8-10/h4-5,8,13,23H,2-3,6-7H2,1H3/t13-/m0/s1. The number of hydrogen-bond donors (Lipinski definition) is 1. The average molecular weight is 367 g/mol. The van der Waals surface area contributed by atoms with Gasteiger partial charge in [-0.05, 0) is 50.6 Å². The highest BCUT2D eigenvalue weighted by molar-refractivity contribution is 7.17. The van der Waals surface area contributed by atoms with Crippen molar-refractivity contribution in [2.24, 2.45) is 0 Å². The van der Waals surface area contributed by atoms with Crippen LogP contribution in [0.2, 0.25) is 5.02 Å². The van der Waals surface area contributed by atoms with Crippen molar-refractivity contribution >= 4 is 27.9 Å². The molecule has 0 radical (unpaired) electrons. The van der Waals surface area contributed by atoms with E-state index in [1.807, 2.05) is 0 Å². The van der Waals surface area contributed by atoms with Crippen LogP contribution in [0.5, 0.6) is 5.88 Å². The number of rotatable bonds is 3. The summed E-state index contributed by atoms with van der Waals surface area (Å²) in [4.78, 5) is 8.02. The Morgan fingerprint density at radius 2 is 2.08 bits per heavy atom. The summed E-state index contributed by atoms with van der Waals surface area (Å²) in [6.07, 6.45) is 2.21. The van der Waals surface area contributed by atoms with Crippen LogP contribution in [0.3, 0.4) is 0 Å². The van der Waals surface area contributed by atoms with Gasteiger partial charge in [-0.25, -0.2) is 9.37 Å². The number of hydrogen-bond acceptors (Lipinski definition) is 5. The Balaban J connectivity index is 1.86. The summed E-state index contributed by atoms with van der Waals surface area (Å²) in [6, 6.07) is 4.56. The first-order valence-corrected chi connectivity index (χ1v) is 8.98. The van der Waals surface area contributed by atoms with Gasteiger partial charge in [0.05, 0.1) is 15.9 Å². The number of thiazole rings is 1. The molecule has 0 amide bonds. The van der Waals surface area contributed by atoms with Crippen molar-refractivity contribution in [3.05, 3.63) is 45.3 Å². The van der Waals surface area contributed by atoms with Gasteiger partial charge in [-0.15, -0.1) is 5.10 Å². The summed E-state index contributed by atoms with van der Waals surface area (Å²) in [5.74, 6) is 0.265. The molecule has 1 aliphatic rings. The van der Waals surface area contributed by atoms with Crippen LogP contribution in [-0.2, 0) is 0 Å². The van der Waals surface area contributed by atoms with E-state index in [2.05, 4.69) is 15.0 Å². The molecule has 0 saturated carbocycles. The average Bonchev–Trinajstić information content (AvgIpc) is 3.24. The highest BCUT2D eigenvalue weighted by Crippen LogP contribution is 2.41. The molecule has 0 aliphatic carbocycles. The Bertz CT molecular complexity index is 903. The topological polar surface area (TPSA) is 53.7 Å². The van der Waals surface area contributed by atoms with Crippen molar-refractivity contribution < 1.29 is 9.50 Å². The first kappa shape index (κ1) is 15.8. The molecule has 8 heteroatoms. The molecule has 5 nitrogen and oxygen atoms in total. The zero-order valence-corrected chi connectivity index (χ0v) is 14.6. The lowest BCUT2D eigenvalue weighted by Crippen LogP contribution is -2.26. The molecule has 0 spiro atoms. The van der Waals surface area contributed by atoms with Crippen LogP contribution in [0.4, 0.5) is 4.39 Å². The molecule has 2 aromatic heterocycles. The first-order chi connectivity index (χ1) is 11.5. The normalized spacial score (nSPS) is 17.0. The van der Waals surface area contributed by atoms with E-state index in [4.69, 9.17) is 11.6 Å². The van der Waals surface area contributed by atoms with E-state index in [-0.39, 0.29) is 16.9 Å². The van der Waals surface area contributed by atoms with Crippen molar-refractivity contribution in [1.82, 2.24) is 19.5 Å². The van der Waals surface area contributed by atoms with Gasteiger partial charge in [-0.3, -0.25) is 4.90 Å². The fourth-order valence-corrected chi connectivity index (χ4v) is 4.59. The quantitative estimate of drug-likeness (QED) is 0.766. The number of benzene rings is 1. The second-order valence-corrected chi connectivity index (χ2v) is 7.38. The van der Waals surface area contributed by atoms with E-state index in [9.17, 15) is 9.50 Å². The summed E-state index contributed by atoms with van der Waals surface area (Å²) >= 11 is 7.39. The molecule has 1 aromatic carbocycles. The minimum absolute atomic E-state index is 0.0893. The molecule has 1 fully saturated rings. The van der Waals surface area contributed by atoms with Gasteiger partial charge in [0.15, 0.2) is 0 Å². The minimum Gasteiger partial charge on any atom is -0.492 e. The maximum atomic E-state index is 13.6. The van der Waals surface area contributed by atoms with E-state index in [0.29, 0.717) is 10.8 Å². The second-order valence-electron chi connectivity index (χ2n) is 5.96. The largest absolute Gasteiger partial charge is 0.492 e. The number of aryl methyl sites for hydroxylation is 1. The number of fused-ring (bicyclic) bond motifs is 1. The molecule has 1 N–H and O–H groups in total.